The second kappa shape index (κ2) is 9.98. The standard InChI is InChI=1S/C23H26N2O4S2/c1-17-6-11-22(15-18(17)2)31(27,28)25(19-7-9-20(29-3)10-8-19)13-12-23(26)24-16-21-5-4-14-30-21/h4-11,14-15H,12-13,16H2,1-3H3,(H,24,26). The highest BCUT2D eigenvalue weighted by Crippen LogP contribution is 2.27. The van der Waals surface area contributed by atoms with Crippen molar-refractivity contribution in [2.24, 2.45) is 0 Å². The van der Waals surface area contributed by atoms with E-state index in [0.717, 1.165) is 16.0 Å². The Balaban J connectivity index is 1.83. The maximum atomic E-state index is 13.5. The summed E-state index contributed by atoms with van der Waals surface area (Å²) < 4.78 is 33.4. The molecule has 164 valence electrons. The zero-order valence-corrected chi connectivity index (χ0v) is 19.4. The number of sulfonamides is 1. The highest BCUT2D eigenvalue weighted by molar-refractivity contribution is 7.92. The van der Waals surface area contributed by atoms with Crippen molar-refractivity contribution in [2.75, 3.05) is 18.0 Å². The zero-order chi connectivity index (χ0) is 22.4. The van der Waals surface area contributed by atoms with E-state index in [4.69, 9.17) is 4.74 Å². The SMILES string of the molecule is COc1ccc(N(CCC(=O)NCc2cccs2)S(=O)(=O)c2ccc(C)c(C)c2)cc1. The lowest BCUT2D eigenvalue weighted by Gasteiger charge is -2.25. The maximum absolute atomic E-state index is 13.5. The van der Waals surface area contributed by atoms with Gasteiger partial charge in [-0.25, -0.2) is 8.42 Å². The van der Waals surface area contributed by atoms with Crippen molar-refractivity contribution >= 4 is 33.0 Å². The summed E-state index contributed by atoms with van der Waals surface area (Å²) in [5.74, 6) is 0.420. The Labute approximate surface area is 187 Å². The molecule has 0 saturated carbocycles. The number of ether oxygens (including phenoxy) is 1. The number of nitrogens with one attached hydrogen (secondary N) is 1. The predicted molar refractivity (Wildman–Crippen MR) is 124 cm³/mol. The van der Waals surface area contributed by atoms with Gasteiger partial charge in [-0.05, 0) is 72.8 Å². The number of methoxy groups -OCH3 is 1. The Hall–Kier alpha value is -2.84. The van der Waals surface area contributed by atoms with Gasteiger partial charge in [0.2, 0.25) is 5.91 Å². The van der Waals surface area contributed by atoms with E-state index in [9.17, 15) is 13.2 Å². The van der Waals surface area contributed by atoms with Crippen molar-refractivity contribution in [2.45, 2.75) is 31.7 Å². The smallest absolute Gasteiger partial charge is 0.264 e. The van der Waals surface area contributed by atoms with Crippen LogP contribution in [0.2, 0.25) is 0 Å². The molecule has 3 aromatic rings. The van der Waals surface area contributed by atoms with Crippen molar-refractivity contribution in [3.05, 3.63) is 76.0 Å². The van der Waals surface area contributed by atoms with Crippen LogP contribution in [-0.2, 0) is 21.4 Å². The fourth-order valence-electron chi connectivity index (χ4n) is 3.03. The molecular weight excluding hydrogens is 432 g/mol. The van der Waals surface area contributed by atoms with Crippen molar-refractivity contribution in [3.8, 4) is 5.75 Å². The largest absolute Gasteiger partial charge is 0.497 e. The van der Waals surface area contributed by atoms with Crippen LogP contribution in [0.15, 0.2) is 64.9 Å². The molecule has 0 spiro atoms. The van der Waals surface area contributed by atoms with Gasteiger partial charge in [0, 0.05) is 17.8 Å². The second-order valence-electron chi connectivity index (χ2n) is 7.13. The molecule has 1 aromatic heterocycles. The normalized spacial score (nSPS) is 11.2. The quantitative estimate of drug-likeness (QED) is 0.519. The van der Waals surface area contributed by atoms with E-state index in [1.54, 1.807) is 60.9 Å². The van der Waals surface area contributed by atoms with Crippen LogP contribution in [0, 0.1) is 13.8 Å². The summed E-state index contributed by atoms with van der Waals surface area (Å²) in [4.78, 5) is 13.6. The molecule has 1 amide bonds. The predicted octanol–water partition coefficient (Wildman–Crippen LogP) is 4.28. The number of aryl methyl sites for hydroxylation is 2. The molecule has 1 N–H and O–H groups in total. The molecule has 8 heteroatoms. The third-order valence-electron chi connectivity index (χ3n) is 5.01. The van der Waals surface area contributed by atoms with Crippen molar-refractivity contribution in [1.82, 2.24) is 5.32 Å². The molecule has 0 aliphatic heterocycles. The van der Waals surface area contributed by atoms with E-state index >= 15 is 0 Å². The van der Waals surface area contributed by atoms with E-state index in [2.05, 4.69) is 5.32 Å². The van der Waals surface area contributed by atoms with Gasteiger partial charge in [-0.2, -0.15) is 0 Å². The van der Waals surface area contributed by atoms with Crippen LogP contribution >= 0.6 is 11.3 Å². The first-order valence-electron chi connectivity index (χ1n) is 9.84. The summed E-state index contributed by atoms with van der Waals surface area (Å²) in [6.07, 6.45) is 0.0431. The van der Waals surface area contributed by atoms with Gasteiger partial charge in [-0.15, -0.1) is 11.3 Å². The van der Waals surface area contributed by atoms with E-state index in [-0.39, 0.29) is 23.8 Å². The van der Waals surface area contributed by atoms with Gasteiger partial charge in [-0.1, -0.05) is 12.1 Å². The Bertz CT molecular complexity index is 1120. The highest BCUT2D eigenvalue weighted by Gasteiger charge is 2.26. The molecule has 1 heterocycles. The fourth-order valence-corrected chi connectivity index (χ4v) is 5.22. The van der Waals surface area contributed by atoms with Crippen LogP contribution in [0.4, 0.5) is 5.69 Å². The molecule has 0 unspecified atom stereocenters. The van der Waals surface area contributed by atoms with Crippen molar-refractivity contribution in [1.29, 1.82) is 0 Å². The van der Waals surface area contributed by atoms with Gasteiger partial charge in [0.05, 0.1) is 24.2 Å². The van der Waals surface area contributed by atoms with Gasteiger partial charge >= 0.3 is 0 Å². The minimum Gasteiger partial charge on any atom is -0.497 e. The van der Waals surface area contributed by atoms with Gasteiger partial charge in [-0.3, -0.25) is 9.10 Å². The number of nitrogens with zero attached hydrogens (tertiary/aromatic N) is 1. The lowest BCUT2D eigenvalue weighted by atomic mass is 10.1. The number of hydrogen-bond acceptors (Lipinski definition) is 5. The topological polar surface area (TPSA) is 75.7 Å². The molecule has 0 aliphatic carbocycles. The molecule has 0 saturated heterocycles. The molecule has 0 fully saturated rings. The first kappa shape index (κ1) is 22.8. The summed E-state index contributed by atoms with van der Waals surface area (Å²) in [7, 11) is -2.30. The number of hydrogen-bond donors (Lipinski definition) is 1. The minimum absolute atomic E-state index is 0.0257. The third kappa shape index (κ3) is 5.65. The van der Waals surface area contributed by atoms with Gasteiger partial charge in [0.25, 0.3) is 10.0 Å². The molecule has 0 atom stereocenters. The molecule has 3 rings (SSSR count). The Kier molecular flexibility index (Phi) is 7.35. The molecule has 6 nitrogen and oxygen atoms in total. The Morgan fingerprint density at radius 1 is 1.06 bits per heavy atom. The number of rotatable bonds is 9. The first-order chi connectivity index (χ1) is 14.8. The third-order valence-corrected chi connectivity index (χ3v) is 7.71. The summed E-state index contributed by atoms with van der Waals surface area (Å²) in [6.45, 7) is 4.27. The lowest BCUT2D eigenvalue weighted by Crippen LogP contribution is -2.35. The Morgan fingerprint density at radius 2 is 1.81 bits per heavy atom. The van der Waals surface area contributed by atoms with Crippen molar-refractivity contribution in [3.63, 3.8) is 0 Å². The van der Waals surface area contributed by atoms with Crippen LogP contribution in [0.1, 0.15) is 22.4 Å². The first-order valence-corrected chi connectivity index (χ1v) is 12.2. The van der Waals surface area contributed by atoms with E-state index in [0.29, 0.717) is 18.0 Å². The molecule has 0 bridgehead atoms. The lowest BCUT2D eigenvalue weighted by molar-refractivity contribution is -0.121. The van der Waals surface area contributed by atoms with Gasteiger partial charge in [0.1, 0.15) is 5.75 Å². The van der Waals surface area contributed by atoms with Crippen LogP contribution < -0.4 is 14.4 Å². The van der Waals surface area contributed by atoms with Gasteiger partial charge < -0.3 is 10.1 Å². The highest BCUT2D eigenvalue weighted by atomic mass is 32.2. The average molecular weight is 459 g/mol. The maximum Gasteiger partial charge on any atom is 0.264 e. The second-order valence-corrected chi connectivity index (χ2v) is 10.0. The zero-order valence-electron chi connectivity index (χ0n) is 17.8. The van der Waals surface area contributed by atoms with Crippen LogP contribution in [0.25, 0.3) is 0 Å². The number of anilines is 1. The molecule has 2 aromatic carbocycles. The van der Waals surface area contributed by atoms with Crippen LogP contribution in [-0.4, -0.2) is 28.0 Å². The minimum atomic E-state index is -3.85. The van der Waals surface area contributed by atoms with Crippen molar-refractivity contribution < 1.29 is 17.9 Å². The number of carbonyl (C=O) groups excluding carboxylic acids is 1. The van der Waals surface area contributed by atoms with E-state index in [1.165, 1.54) is 4.31 Å². The van der Waals surface area contributed by atoms with E-state index < -0.39 is 10.0 Å². The number of thiophene rings is 1. The number of carbonyl (C=O) groups is 1. The molecule has 31 heavy (non-hydrogen) atoms. The molecule has 0 aliphatic rings. The summed E-state index contributed by atoms with van der Waals surface area (Å²) in [5.41, 5.74) is 2.39. The van der Waals surface area contributed by atoms with E-state index in [1.807, 2.05) is 31.4 Å². The number of amides is 1. The molecule has 0 radical (unpaired) electrons. The summed E-state index contributed by atoms with van der Waals surface area (Å²) >= 11 is 1.56. The Morgan fingerprint density at radius 3 is 2.42 bits per heavy atom. The monoisotopic (exact) mass is 458 g/mol. The number of benzene rings is 2. The summed E-state index contributed by atoms with van der Waals surface area (Å²) in [6, 6.07) is 15.7. The van der Waals surface area contributed by atoms with Gasteiger partial charge in [0.15, 0.2) is 0 Å². The average Bonchev–Trinajstić information content (AvgIpc) is 3.28. The molecular formula is C23H26N2O4S2. The van der Waals surface area contributed by atoms with Crippen LogP contribution in [0.3, 0.4) is 0 Å². The van der Waals surface area contributed by atoms with Crippen LogP contribution in [0.5, 0.6) is 5.75 Å². The summed E-state index contributed by atoms with van der Waals surface area (Å²) in [5, 5.41) is 4.80. The fraction of sp³-hybridized carbons (Fsp3) is 0.261.